The minimum absolute atomic E-state index is 0.182. The van der Waals surface area contributed by atoms with Crippen molar-refractivity contribution in [1.82, 2.24) is 0 Å². The molecule has 1 unspecified atom stereocenters. The van der Waals surface area contributed by atoms with Crippen LogP contribution in [0, 0.1) is 5.92 Å². The summed E-state index contributed by atoms with van der Waals surface area (Å²) in [5.41, 5.74) is 4.64. The van der Waals surface area contributed by atoms with E-state index in [1.165, 1.54) is 24.8 Å². The highest BCUT2D eigenvalue weighted by atomic mass is 79.9. The topological polar surface area (TPSA) is 26.3 Å². The predicted molar refractivity (Wildman–Crippen MR) is 68.3 cm³/mol. The van der Waals surface area contributed by atoms with Gasteiger partial charge in [0.05, 0.1) is 17.0 Å². The fourth-order valence-corrected chi connectivity index (χ4v) is 2.22. The van der Waals surface area contributed by atoms with Crippen molar-refractivity contribution in [3.63, 3.8) is 0 Å². The van der Waals surface area contributed by atoms with E-state index in [-0.39, 0.29) is 11.9 Å². The minimum Gasteiger partial charge on any atom is -0.465 e. The van der Waals surface area contributed by atoms with E-state index in [2.05, 4.69) is 21.7 Å². The number of ether oxygens (including phenoxy) is 1. The summed E-state index contributed by atoms with van der Waals surface area (Å²) in [5, 5.41) is 0. The third-order valence-corrected chi connectivity index (χ3v) is 3.66. The molecule has 1 aliphatic rings. The number of halogens is 1. The van der Waals surface area contributed by atoms with Gasteiger partial charge in [0.1, 0.15) is 0 Å². The van der Waals surface area contributed by atoms with Crippen molar-refractivity contribution in [3.05, 3.63) is 15.8 Å². The first-order chi connectivity index (χ1) is 7.65. The summed E-state index contributed by atoms with van der Waals surface area (Å²) in [6, 6.07) is 0. The van der Waals surface area contributed by atoms with Gasteiger partial charge in [-0.3, -0.25) is 4.79 Å². The molecule has 0 aromatic rings. The van der Waals surface area contributed by atoms with E-state index in [4.69, 9.17) is 4.74 Å². The number of rotatable bonds is 3. The largest absolute Gasteiger partial charge is 0.465 e. The lowest BCUT2D eigenvalue weighted by Crippen LogP contribution is -2.14. The lowest BCUT2D eigenvalue weighted by Gasteiger charge is -2.12. The van der Waals surface area contributed by atoms with Crippen LogP contribution in [0.15, 0.2) is 15.8 Å². The number of carbonyl (C=O) groups is 1. The average molecular weight is 287 g/mol. The number of hydrogen-bond donors (Lipinski definition) is 0. The van der Waals surface area contributed by atoms with Crippen molar-refractivity contribution >= 4 is 21.9 Å². The van der Waals surface area contributed by atoms with Crippen molar-refractivity contribution in [2.24, 2.45) is 5.92 Å². The van der Waals surface area contributed by atoms with Crippen LogP contribution in [0.1, 0.15) is 46.0 Å². The lowest BCUT2D eigenvalue weighted by molar-refractivity contribution is -0.145. The highest BCUT2D eigenvalue weighted by Crippen LogP contribution is 2.25. The Labute approximate surface area is 106 Å². The van der Waals surface area contributed by atoms with E-state index in [0.29, 0.717) is 6.61 Å². The second-order valence-corrected chi connectivity index (χ2v) is 4.97. The van der Waals surface area contributed by atoms with Gasteiger partial charge in [-0.05, 0) is 61.0 Å². The summed E-state index contributed by atoms with van der Waals surface area (Å²) < 4.78 is 5.80. The lowest BCUT2D eigenvalue weighted by atomic mass is 9.95. The SMILES string of the molecule is CCOC(=O)C(C)C(Br)=C=C1CCCCC1. The van der Waals surface area contributed by atoms with Crippen LogP contribution in [0.2, 0.25) is 0 Å². The Balaban J connectivity index is 2.70. The molecule has 0 heterocycles. The van der Waals surface area contributed by atoms with Crippen LogP contribution < -0.4 is 0 Å². The van der Waals surface area contributed by atoms with Crippen LogP contribution in [0.25, 0.3) is 0 Å². The molecule has 1 fully saturated rings. The average Bonchev–Trinajstić information content (AvgIpc) is 2.29. The van der Waals surface area contributed by atoms with Crippen molar-refractivity contribution in [1.29, 1.82) is 0 Å². The molecule has 0 N–H and O–H groups in total. The van der Waals surface area contributed by atoms with Crippen molar-refractivity contribution in [2.75, 3.05) is 6.61 Å². The normalized spacial score (nSPS) is 17.6. The Morgan fingerprint density at radius 2 is 2.06 bits per heavy atom. The summed E-state index contributed by atoms with van der Waals surface area (Å²) in [5.74, 6) is -0.423. The first-order valence-corrected chi connectivity index (χ1v) is 6.75. The Kier molecular flexibility index (Phi) is 5.86. The van der Waals surface area contributed by atoms with Crippen LogP contribution in [0.5, 0.6) is 0 Å². The third-order valence-electron chi connectivity index (χ3n) is 2.77. The molecule has 90 valence electrons. The highest BCUT2D eigenvalue weighted by molar-refractivity contribution is 9.11. The Bertz CT molecular complexity index is 306. The molecule has 0 amide bonds. The second-order valence-electron chi connectivity index (χ2n) is 4.11. The van der Waals surface area contributed by atoms with E-state index in [9.17, 15) is 4.79 Å². The number of esters is 1. The molecule has 0 aromatic heterocycles. The van der Waals surface area contributed by atoms with E-state index in [1.54, 1.807) is 0 Å². The molecule has 0 spiro atoms. The number of carbonyl (C=O) groups excluding carboxylic acids is 1. The molecule has 1 rings (SSSR count). The van der Waals surface area contributed by atoms with Crippen LogP contribution in [0.4, 0.5) is 0 Å². The standard InChI is InChI=1S/C13H19BrO2/c1-3-16-13(15)10(2)12(14)9-11-7-5-4-6-8-11/h10H,3-8H2,1-2H3. The summed E-state index contributed by atoms with van der Waals surface area (Å²) >= 11 is 3.43. The third kappa shape index (κ3) is 4.15. The smallest absolute Gasteiger partial charge is 0.314 e. The van der Waals surface area contributed by atoms with Gasteiger partial charge >= 0.3 is 5.97 Å². The first kappa shape index (κ1) is 13.5. The molecule has 1 aliphatic carbocycles. The summed E-state index contributed by atoms with van der Waals surface area (Å²) in [7, 11) is 0. The van der Waals surface area contributed by atoms with Gasteiger partial charge in [0.2, 0.25) is 0 Å². The van der Waals surface area contributed by atoms with Crippen LogP contribution in [0.3, 0.4) is 0 Å². The van der Waals surface area contributed by atoms with Gasteiger partial charge in [0.15, 0.2) is 0 Å². The highest BCUT2D eigenvalue weighted by Gasteiger charge is 2.17. The van der Waals surface area contributed by atoms with Gasteiger partial charge < -0.3 is 4.74 Å². The number of hydrogen-bond acceptors (Lipinski definition) is 2. The maximum Gasteiger partial charge on any atom is 0.314 e. The quantitative estimate of drug-likeness (QED) is 0.580. The Hall–Kier alpha value is -0.530. The van der Waals surface area contributed by atoms with Crippen LogP contribution in [-0.4, -0.2) is 12.6 Å². The van der Waals surface area contributed by atoms with Crippen molar-refractivity contribution in [2.45, 2.75) is 46.0 Å². The monoisotopic (exact) mass is 286 g/mol. The second kappa shape index (κ2) is 6.93. The Morgan fingerprint density at radius 3 is 2.62 bits per heavy atom. The minimum atomic E-state index is -0.241. The fraction of sp³-hybridized carbons (Fsp3) is 0.692. The summed E-state index contributed by atoms with van der Waals surface area (Å²) in [6.07, 6.45) is 6.04. The van der Waals surface area contributed by atoms with E-state index in [1.807, 2.05) is 13.8 Å². The summed E-state index contributed by atoms with van der Waals surface area (Å²) in [6.45, 7) is 4.10. The molecule has 0 radical (unpaired) electrons. The molecule has 0 aliphatic heterocycles. The van der Waals surface area contributed by atoms with Gasteiger partial charge in [0, 0.05) is 0 Å². The maximum atomic E-state index is 11.5. The molecule has 16 heavy (non-hydrogen) atoms. The van der Waals surface area contributed by atoms with Gasteiger partial charge in [-0.15, -0.1) is 5.73 Å². The van der Waals surface area contributed by atoms with E-state index < -0.39 is 0 Å². The van der Waals surface area contributed by atoms with E-state index in [0.717, 1.165) is 17.3 Å². The van der Waals surface area contributed by atoms with Gasteiger partial charge in [-0.1, -0.05) is 6.42 Å². The molecule has 3 heteroatoms. The molecule has 0 saturated heterocycles. The molecular weight excluding hydrogens is 268 g/mol. The van der Waals surface area contributed by atoms with Crippen molar-refractivity contribution in [3.8, 4) is 0 Å². The molecule has 0 bridgehead atoms. The maximum absolute atomic E-state index is 11.5. The van der Waals surface area contributed by atoms with E-state index >= 15 is 0 Å². The summed E-state index contributed by atoms with van der Waals surface area (Å²) in [4.78, 5) is 11.5. The molecule has 2 nitrogen and oxygen atoms in total. The van der Waals surface area contributed by atoms with Crippen LogP contribution in [-0.2, 0) is 9.53 Å². The Morgan fingerprint density at radius 1 is 1.44 bits per heavy atom. The molecule has 1 saturated carbocycles. The van der Waals surface area contributed by atoms with Gasteiger partial charge in [0.25, 0.3) is 0 Å². The van der Waals surface area contributed by atoms with Crippen molar-refractivity contribution < 1.29 is 9.53 Å². The predicted octanol–water partition coefficient (Wildman–Crippen LogP) is 3.95. The molecule has 1 atom stereocenters. The zero-order chi connectivity index (χ0) is 12.0. The zero-order valence-corrected chi connectivity index (χ0v) is 11.6. The molecular formula is C13H19BrO2. The van der Waals surface area contributed by atoms with Crippen LogP contribution >= 0.6 is 15.9 Å². The van der Waals surface area contributed by atoms with Gasteiger partial charge in [-0.25, -0.2) is 0 Å². The first-order valence-electron chi connectivity index (χ1n) is 5.95. The fourth-order valence-electron chi connectivity index (χ4n) is 1.75. The molecule has 0 aromatic carbocycles. The zero-order valence-electron chi connectivity index (χ0n) is 10.0. The van der Waals surface area contributed by atoms with Gasteiger partial charge in [-0.2, -0.15) is 0 Å².